The van der Waals surface area contributed by atoms with Gasteiger partial charge in [-0.3, -0.25) is 14.9 Å². The fourth-order valence-electron chi connectivity index (χ4n) is 3.16. The Morgan fingerprint density at radius 1 is 1.30 bits per heavy atom. The second kappa shape index (κ2) is 7.94. The smallest absolute Gasteiger partial charge is 0.310 e. The minimum Gasteiger partial charge on any atom is -0.487 e. The molecule has 0 saturated carbocycles. The summed E-state index contributed by atoms with van der Waals surface area (Å²) in [6.45, 7) is 6.30. The van der Waals surface area contributed by atoms with Crippen molar-refractivity contribution >= 4 is 11.6 Å². The lowest BCUT2D eigenvalue weighted by atomic mass is 9.91. The maximum Gasteiger partial charge on any atom is 0.310 e. The fourth-order valence-corrected chi connectivity index (χ4v) is 3.16. The van der Waals surface area contributed by atoms with Crippen LogP contribution >= 0.6 is 0 Å². The molecule has 0 aliphatic carbocycles. The summed E-state index contributed by atoms with van der Waals surface area (Å²) in [7, 11) is 0. The van der Waals surface area contributed by atoms with Crippen molar-refractivity contribution in [2.24, 2.45) is 11.8 Å². The lowest BCUT2D eigenvalue weighted by molar-refractivity contribution is -0.385. The van der Waals surface area contributed by atoms with Crippen LogP contribution in [0.5, 0.6) is 5.75 Å². The zero-order valence-electron chi connectivity index (χ0n) is 13.7. The minimum absolute atomic E-state index is 0.0440. The van der Waals surface area contributed by atoms with Gasteiger partial charge in [0.1, 0.15) is 0 Å². The topological polar surface area (TPSA) is 72.7 Å². The molecular weight excluding hydrogens is 296 g/mol. The monoisotopic (exact) mass is 320 g/mol. The quantitative estimate of drug-likeness (QED) is 0.458. The summed E-state index contributed by atoms with van der Waals surface area (Å²) in [5.41, 5.74) is -0.0440. The molecule has 1 aliphatic rings. The van der Waals surface area contributed by atoms with Crippen molar-refractivity contribution in [2.45, 2.75) is 33.1 Å². The molecule has 0 radical (unpaired) electrons. The van der Waals surface area contributed by atoms with Crippen LogP contribution in [0.2, 0.25) is 0 Å². The number of piperidine rings is 1. The molecule has 0 bridgehead atoms. The van der Waals surface area contributed by atoms with Gasteiger partial charge >= 0.3 is 5.69 Å². The van der Waals surface area contributed by atoms with Gasteiger partial charge in [-0.25, -0.2) is 0 Å². The van der Waals surface area contributed by atoms with Gasteiger partial charge in [-0.2, -0.15) is 0 Å². The van der Waals surface area contributed by atoms with Crippen LogP contribution in [0.15, 0.2) is 24.3 Å². The Morgan fingerprint density at radius 2 is 1.96 bits per heavy atom. The van der Waals surface area contributed by atoms with Gasteiger partial charge in [0.2, 0.25) is 5.91 Å². The highest BCUT2D eigenvalue weighted by Crippen LogP contribution is 2.26. The SMILES string of the molecule is CC1CC(C)CN(C(=O)CCCOc2ccccc2[N+](=O)[O-])C1. The Hall–Kier alpha value is -2.11. The minimum atomic E-state index is -0.461. The van der Waals surface area contributed by atoms with Crippen LogP contribution in [-0.2, 0) is 4.79 Å². The number of likely N-dealkylation sites (tertiary alicyclic amines) is 1. The number of carbonyl (C=O) groups excluding carboxylic acids is 1. The highest BCUT2D eigenvalue weighted by atomic mass is 16.6. The number of nitro groups is 1. The highest BCUT2D eigenvalue weighted by molar-refractivity contribution is 5.76. The summed E-state index contributed by atoms with van der Waals surface area (Å²) in [5.74, 6) is 1.50. The van der Waals surface area contributed by atoms with Crippen molar-refractivity contribution in [2.75, 3.05) is 19.7 Å². The van der Waals surface area contributed by atoms with Crippen molar-refractivity contribution in [1.82, 2.24) is 4.90 Å². The first-order chi connectivity index (χ1) is 11.0. The summed E-state index contributed by atoms with van der Waals surface area (Å²) in [6.07, 6.45) is 2.15. The van der Waals surface area contributed by atoms with Crippen molar-refractivity contribution in [3.63, 3.8) is 0 Å². The van der Waals surface area contributed by atoms with Crippen molar-refractivity contribution in [3.05, 3.63) is 34.4 Å². The Kier molecular flexibility index (Phi) is 5.96. The molecule has 0 N–H and O–H groups in total. The highest BCUT2D eigenvalue weighted by Gasteiger charge is 2.24. The predicted molar refractivity (Wildman–Crippen MR) is 87.4 cm³/mol. The Balaban J connectivity index is 1.77. The molecule has 2 atom stereocenters. The molecule has 126 valence electrons. The molecule has 1 aliphatic heterocycles. The number of benzene rings is 1. The van der Waals surface area contributed by atoms with Gasteiger partial charge in [0, 0.05) is 25.6 Å². The summed E-state index contributed by atoms with van der Waals surface area (Å²) in [5, 5.41) is 10.9. The summed E-state index contributed by atoms with van der Waals surface area (Å²) in [6, 6.07) is 6.29. The van der Waals surface area contributed by atoms with Gasteiger partial charge in [0.25, 0.3) is 0 Å². The van der Waals surface area contributed by atoms with Crippen LogP contribution in [-0.4, -0.2) is 35.4 Å². The number of hydrogen-bond acceptors (Lipinski definition) is 4. The zero-order chi connectivity index (χ0) is 16.8. The van der Waals surface area contributed by atoms with Gasteiger partial charge < -0.3 is 9.64 Å². The molecule has 2 unspecified atom stereocenters. The molecule has 2 rings (SSSR count). The van der Waals surface area contributed by atoms with E-state index in [-0.39, 0.29) is 17.3 Å². The van der Waals surface area contributed by atoms with Gasteiger partial charge in [-0.05, 0) is 30.7 Å². The molecule has 1 saturated heterocycles. The Morgan fingerprint density at radius 3 is 2.61 bits per heavy atom. The third kappa shape index (κ3) is 4.94. The van der Waals surface area contributed by atoms with E-state index < -0.39 is 4.92 Å². The van der Waals surface area contributed by atoms with E-state index in [1.807, 2.05) is 4.90 Å². The van der Waals surface area contributed by atoms with E-state index in [2.05, 4.69) is 13.8 Å². The number of ether oxygens (including phenoxy) is 1. The van der Waals surface area contributed by atoms with Crippen molar-refractivity contribution in [1.29, 1.82) is 0 Å². The normalized spacial score (nSPS) is 21.0. The number of para-hydroxylation sites is 2. The van der Waals surface area contributed by atoms with E-state index in [1.165, 1.54) is 12.5 Å². The molecule has 1 amide bonds. The van der Waals surface area contributed by atoms with Gasteiger partial charge in [-0.15, -0.1) is 0 Å². The van der Waals surface area contributed by atoms with E-state index in [1.54, 1.807) is 18.2 Å². The van der Waals surface area contributed by atoms with E-state index >= 15 is 0 Å². The fraction of sp³-hybridized carbons (Fsp3) is 0.588. The average molecular weight is 320 g/mol. The Labute approximate surface area is 136 Å². The number of nitrogens with zero attached hydrogens (tertiary/aromatic N) is 2. The van der Waals surface area contributed by atoms with Crippen molar-refractivity contribution < 1.29 is 14.5 Å². The lowest BCUT2D eigenvalue weighted by Crippen LogP contribution is -2.42. The average Bonchev–Trinajstić information content (AvgIpc) is 2.50. The maximum atomic E-state index is 12.2. The molecule has 1 heterocycles. The number of hydrogen-bond donors (Lipinski definition) is 0. The first-order valence-corrected chi connectivity index (χ1v) is 8.11. The molecule has 0 aromatic heterocycles. The molecule has 6 nitrogen and oxygen atoms in total. The number of carbonyl (C=O) groups is 1. The molecule has 0 spiro atoms. The standard InChI is InChI=1S/C17H24N2O4/c1-13-10-14(2)12-18(11-13)17(20)8-5-9-23-16-7-4-3-6-15(16)19(21)22/h3-4,6-7,13-14H,5,8-12H2,1-2H3. The lowest BCUT2D eigenvalue weighted by Gasteiger charge is -2.35. The molecule has 6 heteroatoms. The molecule has 1 aromatic rings. The number of rotatable bonds is 6. The summed E-state index contributed by atoms with van der Waals surface area (Å²) >= 11 is 0. The van der Waals surface area contributed by atoms with E-state index in [0.29, 0.717) is 31.3 Å². The number of amides is 1. The largest absolute Gasteiger partial charge is 0.487 e. The molecular formula is C17H24N2O4. The summed E-state index contributed by atoms with van der Waals surface area (Å²) < 4.78 is 5.47. The van der Waals surface area contributed by atoms with Crippen LogP contribution < -0.4 is 4.74 Å². The third-order valence-corrected chi connectivity index (χ3v) is 4.08. The van der Waals surface area contributed by atoms with Crippen LogP contribution in [0, 0.1) is 22.0 Å². The third-order valence-electron chi connectivity index (χ3n) is 4.08. The van der Waals surface area contributed by atoms with E-state index in [9.17, 15) is 14.9 Å². The first-order valence-electron chi connectivity index (χ1n) is 8.11. The Bertz CT molecular complexity index is 551. The van der Waals surface area contributed by atoms with Crippen molar-refractivity contribution in [3.8, 4) is 5.75 Å². The molecule has 1 aromatic carbocycles. The second-order valence-electron chi connectivity index (χ2n) is 6.42. The van der Waals surface area contributed by atoms with Crippen LogP contribution in [0.4, 0.5) is 5.69 Å². The van der Waals surface area contributed by atoms with Gasteiger partial charge in [-0.1, -0.05) is 26.0 Å². The predicted octanol–water partition coefficient (Wildman–Crippen LogP) is 3.26. The zero-order valence-corrected chi connectivity index (χ0v) is 13.7. The second-order valence-corrected chi connectivity index (χ2v) is 6.42. The van der Waals surface area contributed by atoms with Crippen LogP contribution in [0.3, 0.4) is 0 Å². The maximum absolute atomic E-state index is 12.2. The van der Waals surface area contributed by atoms with Gasteiger partial charge in [0.05, 0.1) is 11.5 Å². The van der Waals surface area contributed by atoms with E-state index in [0.717, 1.165) is 13.1 Å². The first kappa shape index (κ1) is 17.2. The molecule has 23 heavy (non-hydrogen) atoms. The number of nitro benzene ring substituents is 1. The summed E-state index contributed by atoms with van der Waals surface area (Å²) in [4.78, 5) is 24.6. The van der Waals surface area contributed by atoms with Crippen LogP contribution in [0.25, 0.3) is 0 Å². The van der Waals surface area contributed by atoms with Gasteiger partial charge in [0.15, 0.2) is 5.75 Å². The molecule has 1 fully saturated rings. The van der Waals surface area contributed by atoms with Crippen LogP contribution in [0.1, 0.15) is 33.1 Å². The van der Waals surface area contributed by atoms with E-state index in [4.69, 9.17) is 4.74 Å².